The smallest absolute Gasteiger partial charge is 0.0155 e. The van der Waals surface area contributed by atoms with Gasteiger partial charge in [-0.15, -0.1) is 0 Å². The molecular formula is C18H29NS. The zero-order chi connectivity index (χ0) is 14.0. The van der Waals surface area contributed by atoms with Crippen LogP contribution >= 0.6 is 11.8 Å². The topological polar surface area (TPSA) is 12.0 Å². The minimum atomic E-state index is 0.686. The van der Waals surface area contributed by atoms with Gasteiger partial charge in [0.05, 0.1) is 0 Å². The predicted molar refractivity (Wildman–Crippen MR) is 91.6 cm³/mol. The highest BCUT2D eigenvalue weighted by Gasteiger charge is 2.15. The van der Waals surface area contributed by atoms with E-state index in [1.165, 1.54) is 62.7 Å². The Balaban J connectivity index is 1.61. The minimum absolute atomic E-state index is 0.686. The molecule has 0 aliphatic heterocycles. The molecule has 1 saturated carbocycles. The molecule has 2 heteroatoms. The first-order valence-corrected chi connectivity index (χ1v) is 9.26. The summed E-state index contributed by atoms with van der Waals surface area (Å²) in [7, 11) is 2.12. The van der Waals surface area contributed by atoms with Gasteiger partial charge in [0.2, 0.25) is 0 Å². The van der Waals surface area contributed by atoms with Crippen LogP contribution in [0.15, 0.2) is 30.3 Å². The molecule has 0 spiro atoms. The van der Waals surface area contributed by atoms with Crippen molar-refractivity contribution >= 4 is 11.8 Å². The van der Waals surface area contributed by atoms with E-state index in [2.05, 4.69) is 54.5 Å². The van der Waals surface area contributed by atoms with E-state index < -0.39 is 0 Å². The average molecular weight is 292 g/mol. The van der Waals surface area contributed by atoms with Gasteiger partial charge in [0.1, 0.15) is 0 Å². The van der Waals surface area contributed by atoms with E-state index in [4.69, 9.17) is 0 Å². The van der Waals surface area contributed by atoms with Gasteiger partial charge in [0, 0.05) is 17.0 Å². The summed E-state index contributed by atoms with van der Waals surface area (Å²) in [6, 6.07) is 11.6. The Morgan fingerprint density at radius 1 is 1.15 bits per heavy atom. The summed E-state index contributed by atoms with van der Waals surface area (Å²) in [5.41, 5.74) is 1.47. The van der Waals surface area contributed by atoms with Crippen molar-refractivity contribution in [1.29, 1.82) is 0 Å². The van der Waals surface area contributed by atoms with Crippen molar-refractivity contribution < 1.29 is 0 Å². The summed E-state index contributed by atoms with van der Waals surface area (Å²) in [5.74, 6) is 1.29. The van der Waals surface area contributed by atoms with E-state index >= 15 is 0 Å². The van der Waals surface area contributed by atoms with Crippen LogP contribution in [-0.4, -0.2) is 24.1 Å². The maximum absolute atomic E-state index is 3.51. The lowest BCUT2D eigenvalue weighted by Crippen LogP contribution is -2.29. The van der Waals surface area contributed by atoms with Gasteiger partial charge < -0.3 is 5.32 Å². The van der Waals surface area contributed by atoms with Crippen molar-refractivity contribution in [3.8, 4) is 0 Å². The second-order valence-electron chi connectivity index (χ2n) is 5.96. The average Bonchev–Trinajstić information content (AvgIpc) is 2.52. The maximum atomic E-state index is 3.51. The molecule has 0 saturated heterocycles. The van der Waals surface area contributed by atoms with Crippen LogP contribution in [0.25, 0.3) is 0 Å². The van der Waals surface area contributed by atoms with Crippen LogP contribution in [0, 0.1) is 0 Å². The monoisotopic (exact) mass is 291 g/mol. The first kappa shape index (κ1) is 15.9. The van der Waals surface area contributed by atoms with E-state index in [1.54, 1.807) is 0 Å². The Kier molecular flexibility index (Phi) is 7.53. The molecule has 112 valence electrons. The van der Waals surface area contributed by atoms with Gasteiger partial charge in [0.15, 0.2) is 0 Å². The number of benzene rings is 1. The molecule has 0 heterocycles. The Labute approximate surface area is 128 Å². The van der Waals surface area contributed by atoms with Crippen LogP contribution < -0.4 is 5.32 Å². The fourth-order valence-electron chi connectivity index (χ4n) is 2.99. The standard InChI is InChI=1S/C18H29NS/c1-19-17(15-20-18-13-6-3-7-14-18)12-8-11-16-9-4-2-5-10-16/h2,4-5,9-10,17-19H,3,6-8,11-15H2,1H3. The highest BCUT2D eigenvalue weighted by atomic mass is 32.2. The van der Waals surface area contributed by atoms with Crippen molar-refractivity contribution in [3.63, 3.8) is 0 Å². The Hall–Kier alpha value is -0.470. The lowest BCUT2D eigenvalue weighted by atomic mass is 10.0. The molecule has 1 N–H and O–H groups in total. The zero-order valence-corrected chi connectivity index (χ0v) is 13.6. The summed E-state index contributed by atoms with van der Waals surface area (Å²) in [4.78, 5) is 0. The van der Waals surface area contributed by atoms with Crippen molar-refractivity contribution in [2.75, 3.05) is 12.8 Å². The van der Waals surface area contributed by atoms with Gasteiger partial charge in [0.25, 0.3) is 0 Å². The van der Waals surface area contributed by atoms with Gasteiger partial charge in [-0.1, -0.05) is 49.6 Å². The summed E-state index contributed by atoms with van der Waals surface area (Å²) >= 11 is 2.21. The van der Waals surface area contributed by atoms with Crippen LogP contribution in [0.5, 0.6) is 0 Å². The summed E-state index contributed by atoms with van der Waals surface area (Å²) in [6.45, 7) is 0. The van der Waals surface area contributed by atoms with Crippen molar-refractivity contribution in [1.82, 2.24) is 5.32 Å². The fourth-order valence-corrected chi connectivity index (χ4v) is 4.50. The highest BCUT2D eigenvalue weighted by Crippen LogP contribution is 2.29. The first-order chi connectivity index (χ1) is 9.88. The summed E-state index contributed by atoms with van der Waals surface area (Å²) in [5, 5.41) is 4.45. The molecule has 1 nitrogen and oxygen atoms in total. The molecule has 1 fully saturated rings. The number of rotatable bonds is 8. The van der Waals surface area contributed by atoms with E-state index in [-0.39, 0.29) is 0 Å². The quantitative estimate of drug-likeness (QED) is 0.747. The van der Waals surface area contributed by atoms with Gasteiger partial charge in [-0.2, -0.15) is 11.8 Å². The van der Waals surface area contributed by atoms with Crippen molar-refractivity contribution in [2.24, 2.45) is 0 Å². The Morgan fingerprint density at radius 3 is 2.60 bits per heavy atom. The molecular weight excluding hydrogens is 262 g/mol. The maximum Gasteiger partial charge on any atom is 0.0155 e. The van der Waals surface area contributed by atoms with Gasteiger partial charge in [-0.3, -0.25) is 0 Å². The number of hydrogen-bond acceptors (Lipinski definition) is 2. The second kappa shape index (κ2) is 9.46. The fraction of sp³-hybridized carbons (Fsp3) is 0.667. The van der Waals surface area contributed by atoms with Crippen LogP contribution in [0.2, 0.25) is 0 Å². The number of nitrogens with one attached hydrogen (secondary N) is 1. The number of aryl methyl sites for hydroxylation is 1. The Bertz CT molecular complexity index is 346. The van der Waals surface area contributed by atoms with E-state index in [9.17, 15) is 0 Å². The van der Waals surface area contributed by atoms with E-state index in [1.807, 2.05) is 0 Å². The molecule has 1 aliphatic carbocycles. The largest absolute Gasteiger partial charge is 0.316 e. The third-order valence-corrected chi connectivity index (χ3v) is 5.89. The minimum Gasteiger partial charge on any atom is -0.316 e. The van der Waals surface area contributed by atoms with Crippen LogP contribution in [-0.2, 0) is 6.42 Å². The van der Waals surface area contributed by atoms with Crippen LogP contribution in [0.4, 0.5) is 0 Å². The first-order valence-electron chi connectivity index (χ1n) is 8.21. The molecule has 1 aromatic rings. The van der Waals surface area contributed by atoms with Crippen molar-refractivity contribution in [2.45, 2.75) is 62.7 Å². The highest BCUT2D eigenvalue weighted by molar-refractivity contribution is 7.99. The summed E-state index contributed by atoms with van der Waals surface area (Å²) < 4.78 is 0. The predicted octanol–water partition coefficient (Wildman–Crippen LogP) is 4.66. The third kappa shape index (κ3) is 5.88. The molecule has 0 aromatic heterocycles. The number of thioether (sulfide) groups is 1. The van der Waals surface area contributed by atoms with Gasteiger partial charge >= 0.3 is 0 Å². The van der Waals surface area contributed by atoms with E-state index in [0.717, 1.165) is 5.25 Å². The second-order valence-corrected chi connectivity index (χ2v) is 7.29. The zero-order valence-electron chi connectivity index (χ0n) is 12.8. The number of hydrogen-bond donors (Lipinski definition) is 1. The third-order valence-electron chi connectivity index (χ3n) is 4.35. The normalized spacial score (nSPS) is 18.1. The molecule has 0 amide bonds. The molecule has 2 rings (SSSR count). The molecule has 20 heavy (non-hydrogen) atoms. The molecule has 1 aliphatic rings. The molecule has 1 atom stereocenters. The van der Waals surface area contributed by atoms with Crippen LogP contribution in [0.1, 0.15) is 50.5 Å². The molecule has 1 unspecified atom stereocenters. The summed E-state index contributed by atoms with van der Waals surface area (Å²) in [6.07, 6.45) is 11.1. The molecule has 0 bridgehead atoms. The lowest BCUT2D eigenvalue weighted by Gasteiger charge is -2.24. The Morgan fingerprint density at radius 2 is 1.90 bits per heavy atom. The van der Waals surface area contributed by atoms with Crippen molar-refractivity contribution in [3.05, 3.63) is 35.9 Å². The van der Waals surface area contributed by atoms with Gasteiger partial charge in [-0.25, -0.2) is 0 Å². The van der Waals surface area contributed by atoms with Crippen LogP contribution in [0.3, 0.4) is 0 Å². The SMILES string of the molecule is CNC(CCCc1ccccc1)CSC1CCCCC1. The van der Waals surface area contributed by atoms with E-state index in [0.29, 0.717) is 6.04 Å². The molecule has 0 radical (unpaired) electrons. The molecule has 1 aromatic carbocycles. The van der Waals surface area contributed by atoms with Gasteiger partial charge in [-0.05, 0) is 44.7 Å². The lowest BCUT2D eigenvalue weighted by molar-refractivity contribution is 0.511.